The van der Waals surface area contributed by atoms with Crippen molar-refractivity contribution in [3.8, 4) is 0 Å². The molecule has 0 bridgehead atoms. The molecule has 0 unspecified atom stereocenters. The van der Waals surface area contributed by atoms with Crippen molar-refractivity contribution in [3.63, 3.8) is 0 Å². The van der Waals surface area contributed by atoms with Crippen LogP contribution in [0.1, 0.15) is 11.1 Å². The third kappa shape index (κ3) is 3.38. The Morgan fingerprint density at radius 3 is 2.34 bits per heavy atom. The monoisotopic (exact) mass is 443 g/mol. The fraction of sp³-hybridized carbons (Fsp3) is 0.125. The van der Waals surface area contributed by atoms with Crippen LogP contribution in [0.2, 0.25) is 0 Å². The van der Waals surface area contributed by atoms with Crippen LogP contribution < -0.4 is 4.90 Å². The van der Waals surface area contributed by atoms with Crippen LogP contribution in [0.15, 0.2) is 88.8 Å². The summed E-state index contributed by atoms with van der Waals surface area (Å²) in [6, 6.07) is 24.4. The van der Waals surface area contributed by atoms with Crippen LogP contribution in [-0.4, -0.2) is 35.3 Å². The van der Waals surface area contributed by atoms with Crippen molar-refractivity contribution in [1.29, 1.82) is 0 Å². The third-order valence-electron chi connectivity index (χ3n) is 5.41. The van der Waals surface area contributed by atoms with Crippen LogP contribution in [0.3, 0.4) is 0 Å². The summed E-state index contributed by atoms with van der Waals surface area (Å²) in [6.45, 7) is 2.53. The first-order valence-corrected chi connectivity index (χ1v) is 11.6. The molecule has 0 N–H and O–H groups in total. The van der Waals surface area contributed by atoms with Gasteiger partial charge in [-0.25, -0.2) is 13.4 Å². The van der Waals surface area contributed by atoms with Gasteiger partial charge in [0.05, 0.1) is 10.4 Å². The number of sulfone groups is 1. The van der Waals surface area contributed by atoms with E-state index in [-0.39, 0.29) is 15.6 Å². The van der Waals surface area contributed by atoms with Crippen molar-refractivity contribution < 1.29 is 8.42 Å². The minimum Gasteiger partial charge on any atom is -0.355 e. The molecule has 0 saturated heterocycles. The molecule has 0 aliphatic carbocycles. The summed E-state index contributed by atoms with van der Waals surface area (Å²) in [6.07, 6.45) is 0. The Morgan fingerprint density at radius 2 is 1.59 bits per heavy atom. The van der Waals surface area contributed by atoms with Crippen molar-refractivity contribution in [1.82, 2.24) is 19.8 Å². The second-order valence-electron chi connectivity index (χ2n) is 7.74. The summed E-state index contributed by atoms with van der Waals surface area (Å²) in [5.74, 6) is 0.666. The third-order valence-corrected chi connectivity index (χ3v) is 7.08. The predicted molar refractivity (Wildman–Crippen MR) is 123 cm³/mol. The Kier molecular flexibility index (Phi) is 4.86. The number of aromatic nitrogens is 4. The molecule has 3 aromatic carbocycles. The first-order chi connectivity index (χ1) is 15.4. The fourth-order valence-corrected chi connectivity index (χ4v) is 4.99. The van der Waals surface area contributed by atoms with E-state index in [1.165, 1.54) is 4.52 Å². The number of aryl methyl sites for hydroxylation is 1. The molecule has 2 heterocycles. The van der Waals surface area contributed by atoms with E-state index in [4.69, 9.17) is 4.98 Å². The number of anilines is 1. The smallest absolute Gasteiger partial charge is 0.229 e. The molecule has 0 atom stereocenters. The molecule has 32 heavy (non-hydrogen) atoms. The molecule has 5 aromatic rings. The molecular weight excluding hydrogens is 422 g/mol. The Bertz CT molecular complexity index is 1530. The summed E-state index contributed by atoms with van der Waals surface area (Å²) in [4.78, 5) is 6.93. The van der Waals surface area contributed by atoms with Crippen molar-refractivity contribution in [2.45, 2.75) is 23.4 Å². The lowest BCUT2D eigenvalue weighted by Gasteiger charge is -2.20. The number of hydrogen-bond donors (Lipinski definition) is 0. The van der Waals surface area contributed by atoms with Gasteiger partial charge >= 0.3 is 0 Å². The summed E-state index contributed by atoms with van der Waals surface area (Å²) in [7, 11) is -1.94. The molecule has 5 rings (SSSR count). The second kappa shape index (κ2) is 7.72. The Hall–Kier alpha value is -3.78. The zero-order valence-corrected chi connectivity index (χ0v) is 18.5. The van der Waals surface area contributed by atoms with Gasteiger partial charge < -0.3 is 4.90 Å². The second-order valence-corrected chi connectivity index (χ2v) is 9.61. The van der Waals surface area contributed by atoms with Gasteiger partial charge in [0.25, 0.3) is 0 Å². The highest BCUT2D eigenvalue weighted by molar-refractivity contribution is 7.91. The van der Waals surface area contributed by atoms with Gasteiger partial charge in [0.15, 0.2) is 5.65 Å². The van der Waals surface area contributed by atoms with Crippen molar-refractivity contribution >= 4 is 32.2 Å². The topological polar surface area (TPSA) is 80.5 Å². The average Bonchev–Trinajstić information content (AvgIpc) is 3.25. The van der Waals surface area contributed by atoms with Crippen LogP contribution in [0.5, 0.6) is 0 Å². The lowest BCUT2D eigenvalue weighted by molar-refractivity contribution is 0.592. The molecule has 0 fully saturated rings. The van der Waals surface area contributed by atoms with Gasteiger partial charge in [-0.1, -0.05) is 65.4 Å². The highest BCUT2D eigenvalue weighted by Gasteiger charge is 2.27. The molecule has 0 amide bonds. The highest BCUT2D eigenvalue weighted by Crippen LogP contribution is 2.30. The zero-order valence-electron chi connectivity index (χ0n) is 17.7. The van der Waals surface area contributed by atoms with Crippen LogP contribution in [0, 0.1) is 6.92 Å². The Balaban J connectivity index is 1.70. The van der Waals surface area contributed by atoms with E-state index >= 15 is 0 Å². The Morgan fingerprint density at radius 1 is 0.906 bits per heavy atom. The molecular formula is C24H21N5O2S. The molecule has 8 heteroatoms. The van der Waals surface area contributed by atoms with E-state index in [1.54, 1.807) is 24.3 Å². The SMILES string of the molecule is Cc1ccc(S(=O)(=O)c2nnn3c2nc(N(C)Cc2ccccc2)c2ccccc23)cc1. The first-order valence-electron chi connectivity index (χ1n) is 10.2. The maximum Gasteiger partial charge on any atom is 0.229 e. The molecule has 0 aliphatic heterocycles. The highest BCUT2D eigenvalue weighted by atomic mass is 32.2. The minimum absolute atomic E-state index is 0.151. The van der Waals surface area contributed by atoms with E-state index in [1.807, 2.05) is 73.5 Å². The van der Waals surface area contributed by atoms with Crippen LogP contribution in [-0.2, 0) is 16.4 Å². The van der Waals surface area contributed by atoms with E-state index in [2.05, 4.69) is 10.3 Å². The van der Waals surface area contributed by atoms with Gasteiger partial charge in [-0.3, -0.25) is 0 Å². The maximum atomic E-state index is 13.4. The summed E-state index contributed by atoms with van der Waals surface area (Å²) in [5.41, 5.74) is 3.05. The summed E-state index contributed by atoms with van der Waals surface area (Å²) in [5, 5.41) is 8.90. The summed E-state index contributed by atoms with van der Waals surface area (Å²) >= 11 is 0. The normalized spacial score (nSPS) is 11.8. The van der Waals surface area contributed by atoms with Gasteiger partial charge in [0, 0.05) is 19.0 Å². The van der Waals surface area contributed by atoms with E-state index < -0.39 is 9.84 Å². The molecule has 0 radical (unpaired) electrons. The lowest BCUT2D eigenvalue weighted by atomic mass is 10.2. The quantitative estimate of drug-likeness (QED) is 0.408. The minimum atomic E-state index is -3.88. The maximum absolute atomic E-state index is 13.4. The van der Waals surface area contributed by atoms with Gasteiger partial charge in [0.1, 0.15) is 5.82 Å². The standard InChI is InChI=1S/C24H21N5O2S/c1-17-12-14-19(15-13-17)32(30,31)24-23-25-22(28(2)16-18-8-4-3-5-9-18)20-10-6-7-11-21(20)29(23)27-26-24/h3-15H,16H2,1-2H3. The molecule has 7 nitrogen and oxygen atoms in total. The van der Waals surface area contributed by atoms with Crippen LogP contribution >= 0.6 is 0 Å². The number of nitrogens with zero attached hydrogens (tertiary/aromatic N) is 5. The van der Waals surface area contributed by atoms with Crippen LogP contribution in [0.4, 0.5) is 5.82 Å². The van der Waals surface area contributed by atoms with Gasteiger partial charge in [-0.15, -0.1) is 5.10 Å². The molecule has 0 saturated carbocycles. The van der Waals surface area contributed by atoms with Gasteiger partial charge in [-0.05, 0) is 36.8 Å². The van der Waals surface area contributed by atoms with Crippen molar-refractivity contribution in [2.75, 3.05) is 11.9 Å². The van der Waals surface area contributed by atoms with E-state index in [0.717, 1.165) is 22.0 Å². The van der Waals surface area contributed by atoms with Gasteiger partial charge in [-0.2, -0.15) is 4.52 Å². The van der Waals surface area contributed by atoms with Crippen molar-refractivity contribution in [2.24, 2.45) is 0 Å². The summed E-state index contributed by atoms with van der Waals surface area (Å²) < 4.78 is 28.2. The average molecular weight is 444 g/mol. The number of rotatable bonds is 5. The number of hydrogen-bond acceptors (Lipinski definition) is 6. The molecule has 0 spiro atoms. The zero-order chi connectivity index (χ0) is 22.3. The molecule has 0 aliphatic rings. The van der Waals surface area contributed by atoms with Gasteiger partial charge in [0.2, 0.25) is 14.9 Å². The largest absolute Gasteiger partial charge is 0.355 e. The van der Waals surface area contributed by atoms with E-state index in [9.17, 15) is 8.42 Å². The fourth-order valence-electron chi connectivity index (χ4n) is 3.75. The molecule has 160 valence electrons. The number of benzene rings is 3. The predicted octanol–water partition coefficient (Wildman–Crippen LogP) is 4.06. The van der Waals surface area contributed by atoms with E-state index in [0.29, 0.717) is 12.4 Å². The lowest BCUT2D eigenvalue weighted by Crippen LogP contribution is -2.19. The van der Waals surface area contributed by atoms with Crippen molar-refractivity contribution in [3.05, 3.63) is 90.0 Å². The number of fused-ring (bicyclic) bond motifs is 3. The number of para-hydroxylation sites is 1. The first kappa shape index (κ1) is 20.1. The molecule has 2 aromatic heterocycles. The van der Waals surface area contributed by atoms with Crippen LogP contribution in [0.25, 0.3) is 16.6 Å². The Labute approximate surface area is 185 Å².